The van der Waals surface area contributed by atoms with Crippen molar-refractivity contribution in [1.82, 2.24) is 19.8 Å². The number of benzene rings is 2. The van der Waals surface area contributed by atoms with E-state index in [1.165, 1.54) is 32.3 Å². The van der Waals surface area contributed by atoms with E-state index in [0.717, 1.165) is 25.7 Å². The maximum atomic E-state index is 14.5. The smallest absolute Gasteiger partial charge is 0.409 e. The second-order valence-electron chi connectivity index (χ2n) is 9.56. The van der Waals surface area contributed by atoms with Crippen molar-refractivity contribution in [2.24, 2.45) is 0 Å². The molecule has 208 valence electrons. The molecule has 0 aliphatic carbocycles. The first-order valence-electron chi connectivity index (χ1n) is 13.0. The Hall–Kier alpha value is -3.44. The van der Waals surface area contributed by atoms with Gasteiger partial charge in [-0.05, 0) is 44.1 Å². The molecule has 9 nitrogen and oxygen atoms in total. The summed E-state index contributed by atoms with van der Waals surface area (Å²) in [6.07, 6.45) is 4.53. The fourth-order valence-corrected chi connectivity index (χ4v) is 5.03. The van der Waals surface area contributed by atoms with Crippen LogP contribution in [0.25, 0.3) is 10.9 Å². The molecule has 3 aromatic rings. The Balaban J connectivity index is 1.25. The summed E-state index contributed by atoms with van der Waals surface area (Å²) in [6, 6.07) is 5.75. The lowest BCUT2D eigenvalue weighted by molar-refractivity contribution is 0.0625. The summed E-state index contributed by atoms with van der Waals surface area (Å²) >= 11 is 5.73. The number of halogens is 3. The second-order valence-corrected chi connectivity index (χ2v) is 9.94. The van der Waals surface area contributed by atoms with Gasteiger partial charge in [0.25, 0.3) is 0 Å². The number of aromatic nitrogens is 2. The molecular weight excluding hydrogens is 532 g/mol. The van der Waals surface area contributed by atoms with Crippen LogP contribution in [0.5, 0.6) is 11.5 Å². The molecule has 0 radical (unpaired) electrons. The van der Waals surface area contributed by atoms with Gasteiger partial charge in [-0.15, -0.1) is 0 Å². The summed E-state index contributed by atoms with van der Waals surface area (Å²) in [4.78, 5) is 25.0. The number of likely N-dealkylation sites (tertiary alicyclic amines) is 2. The summed E-state index contributed by atoms with van der Waals surface area (Å²) in [7, 11) is 1.53. The van der Waals surface area contributed by atoms with E-state index in [1.54, 1.807) is 17.0 Å². The van der Waals surface area contributed by atoms with Crippen LogP contribution in [-0.4, -0.2) is 78.4 Å². The van der Waals surface area contributed by atoms with Crippen LogP contribution in [0.3, 0.4) is 0 Å². The van der Waals surface area contributed by atoms with Crippen LogP contribution in [0, 0.1) is 11.6 Å². The van der Waals surface area contributed by atoms with Crippen molar-refractivity contribution in [3.8, 4) is 11.5 Å². The van der Waals surface area contributed by atoms with Crippen LogP contribution < -0.4 is 14.8 Å². The first-order chi connectivity index (χ1) is 18.9. The summed E-state index contributed by atoms with van der Waals surface area (Å²) in [5, 5.41) is 2.81. The molecule has 0 atom stereocenters. The van der Waals surface area contributed by atoms with Crippen molar-refractivity contribution < 1.29 is 27.8 Å². The van der Waals surface area contributed by atoms with E-state index in [1.807, 2.05) is 0 Å². The van der Waals surface area contributed by atoms with Gasteiger partial charge < -0.3 is 24.4 Å². The molecule has 0 spiro atoms. The standard InChI is InChI=1S/C27H30ClF2N5O4/c1-37-22-15-21-18(26(32-16-31-21)33-20-5-4-19(29)24(28)25(20)30)14-23(22)39-17-6-10-35(11-7-17)27(36)38-13-12-34-8-2-3-9-34/h4-5,14-17H,2-3,6-13H2,1H3,(H,31,32,33). The van der Waals surface area contributed by atoms with E-state index in [2.05, 4.69) is 20.2 Å². The summed E-state index contributed by atoms with van der Waals surface area (Å²) in [5.41, 5.74) is 0.510. The van der Waals surface area contributed by atoms with Crippen LogP contribution in [0.15, 0.2) is 30.6 Å². The number of nitrogens with one attached hydrogen (secondary N) is 1. The Bertz CT molecular complexity index is 1330. The van der Waals surface area contributed by atoms with Crippen LogP contribution in [-0.2, 0) is 4.74 Å². The molecule has 2 aromatic carbocycles. The molecule has 1 aromatic heterocycles. The highest BCUT2D eigenvalue weighted by molar-refractivity contribution is 6.31. The number of hydrogen-bond acceptors (Lipinski definition) is 8. The molecule has 2 fully saturated rings. The van der Waals surface area contributed by atoms with E-state index in [9.17, 15) is 13.6 Å². The van der Waals surface area contributed by atoms with Crippen molar-refractivity contribution in [2.75, 3.05) is 51.8 Å². The summed E-state index contributed by atoms with van der Waals surface area (Å²) in [5.74, 6) is -0.539. The topological polar surface area (TPSA) is 89.1 Å². The average molecular weight is 562 g/mol. The number of carbonyl (C=O) groups is 1. The van der Waals surface area contributed by atoms with E-state index < -0.39 is 16.7 Å². The number of nitrogens with zero attached hydrogens (tertiary/aromatic N) is 4. The van der Waals surface area contributed by atoms with Crippen molar-refractivity contribution in [3.63, 3.8) is 0 Å². The zero-order valence-electron chi connectivity index (χ0n) is 21.6. The summed E-state index contributed by atoms with van der Waals surface area (Å²) < 4.78 is 45.4. The van der Waals surface area contributed by atoms with E-state index in [0.29, 0.717) is 60.8 Å². The second kappa shape index (κ2) is 12.2. The highest BCUT2D eigenvalue weighted by Crippen LogP contribution is 2.37. The molecular formula is C27H30ClF2N5O4. The number of ether oxygens (including phenoxy) is 3. The fourth-order valence-electron chi connectivity index (χ4n) is 4.86. The van der Waals surface area contributed by atoms with Crippen molar-refractivity contribution >= 4 is 40.1 Å². The molecule has 2 aliphatic heterocycles. The number of hydrogen-bond donors (Lipinski definition) is 1. The lowest BCUT2D eigenvalue weighted by Gasteiger charge is -2.32. The molecule has 12 heteroatoms. The predicted molar refractivity (Wildman–Crippen MR) is 143 cm³/mol. The first-order valence-corrected chi connectivity index (χ1v) is 13.3. The predicted octanol–water partition coefficient (Wildman–Crippen LogP) is 5.39. The SMILES string of the molecule is COc1cc2ncnc(Nc3ccc(F)c(Cl)c3F)c2cc1OC1CCN(C(=O)OCCN2CCCC2)CC1. The van der Waals surface area contributed by atoms with E-state index in [4.69, 9.17) is 25.8 Å². The molecule has 39 heavy (non-hydrogen) atoms. The van der Waals surface area contributed by atoms with Gasteiger partial charge in [0.1, 0.15) is 35.7 Å². The number of rotatable bonds is 8. The molecule has 0 saturated carbocycles. The van der Waals surface area contributed by atoms with E-state index >= 15 is 0 Å². The van der Waals surface area contributed by atoms with Gasteiger partial charge in [-0.3, -0.25) is 4.90 Å². The third-order valence-electron chi connectivity index (χ3n) is 7.03. The lowest BCUT2D eigenvalue weighted by Crippen LogP contribution is -2.42. The minimum Gasteiger partial charge on any atom is -0.493 e. The molecule has 1 amide bonds. The minimum absolute atomic E-state index is 0.0284. The quantitative estimate of drug-likeness (QED) is 0.366. The highest BCUT2D eigenvalue weighted by Gasteiger charge is 2.26. The molecule has 3 heterocycles. The zero-order valence-corrected chi connectivity index (χ0v) is 22.3. The Morgan fingerprint density at radius 1 is 1.10 bits per heavy atom. The average Bonchev–Trinajstić information content (AvgIpc) is 3.47. The Labute approximate surface area is 230 Å². The van der Waals surface area contributed by atoms with Crippen LogP contribution in [0.4, 0.5) is 25.1 Å². The maximum Gasteiger partial charge on any atom is 0.409 e. The number of fused-ring (bicyclic) bond motifs is 1. The third-order valence-corrected chi connectivity index (χ3v) is 7.38. The monoisotopic (exact) mass is 561 g/mol. The van der Waals surface area contributed by atoms with Gasteiger partial charge in [0, 0.05) is 43.9 Å². The van der Waals surface area contributed by atoms with Gasteiger partial charge in [-0.1, -0.05) is 11.6 Å². The molecule has 0 unspecified atom stereocenters. The van der Waals surface area contributed by atoms with E-state index in [-0.39, 0.29) is 17.9 Å². The van der Waals surface area contributed by atoms with Gasteiger partial charge in [0.2, 0.25) is 0 Å². The highest BCUT2D eigenvalue weighted by atomic mass is 35.5. The number of anilines is 2. The third kappa shape index (κ3) is 6.25. The minimum atomic E-state index is -0.922. The summed E-state index contributed by atoms with van der Waals surface area (Å²) in [6.45, 7) is 4.34. The Kier molecular flexibility index (Phi) is 8.47. The molecule has 2 aliphatic rings. The van der Waals surface area contributed by atoms with Crippen LogP contribution in [0.1, 0.15) is 25.7 Å². The van der Waals surface area contributed by atoms with Gasteiger partial charge in [-0.25, -0.2) is 23.5 Å². The molecule has 5 rings (SSSR count). The Morgan fingerprint density at radius 3 is 2.62 bits per heavy atom. The van der Waals surface area contributed by atoms with Gasteiger partial charge in [0.05, 0.1) is 18.3 Å². The van der Waals surface area contributed by atoms with Crippen LogP contribution >= 0.6 is 11.6 Å². The van der Waals surface area contributed by atoms with Gasteiger partial charge in [0.15, 0.2) is 17.3 Å². The maximum absolute atomic E-state index is 14.5. The molecule has 0 bridgehead atoms. The first kappa shape index (κ1) is 27.1. The molecule has 2 saturated heterocycles. The number of methoxy groups -OCH3 is 1. The van der Waals surface area contributed by atoms with Gasteiger partial charge >= 0.3 is 6.09 Å². The van der Waals surface area contributed by atoms with Crippen molar-refractivity contribution in [2.45, 2.75) is 31.8 Å². The van der Waals surface area contributed by atoms with Gasteiger partial charge in [-0.2, -0.15) is 0 Å². The number of carbonyl (C=O) groups excluding carboxylic acids is 1. The number of piperidine rings is 1. The van der Waals surface area contributed by atoms with Crippen molar-refractivity contribution in [3.05, 3.63) is 47.2 Å². The normalized spacial score (nSPS) is 16.5. The largest absolute Gasteiger partial charge is 0.493 e. The fraction of sp³-hybridized carbons (Fsp3) is 0.444. The zero-order chi connectivity index (χ0) is 27.4. The molecule has 1 N–H and O–H groups in total. The van der Waals surface area contributed by atoms with Crippen LogP contribution in [0.2, 0.25) is 5.02 Å². The number of amides is 1. The van der Waals surface area contributed by atoms with Crippen molar-refractivity contribution in [1.29, 1.82) is 0 Å². The lowest BCUT2D eigenvalue weighted by atomic mass is 10.1. The Morgan fingerprint density at radius 2 is 1.87 bits per heavy atom.